The van der Waals surface area contributed by atoms with Gasteiger partial charge in [0.1, 0.15) is 11.5 Å². The summed E-state index contributed by atoms with van der Waals surface area (Å²) >= 11 is 0. The van der Waals surface area contributed by atoms with Gasteiger partial charge in [0.2, 0.25) is 0 Å². The third kappa shape index (κ3) is 10.7. The van der Waals surface area contributed by atoms with Gasteiger partial charge in [0, 0.05) is 58.0 Å². The van der Waals surface area contributed by atoms with Gasteiger partial charge in [-0.3, -0.25) is 9.59 Å². The van der Waals surface area contributed by atoms with Crippen molar-refractivity contribution in [1.29, 1.82) is 0 Å². The molecule has 10 heteroatoms. The minimum Gasteiger partial charge on any atom is -0.497 e. The van der Waals surface area contributed by atoms with Gasteiger partial charge in [0.15, 0.2) is 0 Å². The van der Waals surface area contributed by atoms with Crippen LogP contribution in [0.15, 0.2) is 48.5 Å². The number of carbonyl (C=O) groups is 2. The Kier molecular flexibility index (Phi) is 14.8. The quantitative estimate of drug-likeness (QED) is 0.167. The van der Waals surface area contributed by atoms with Gasteiger partial charge < -0.3 is 39.6 Å². The van der Waals surface area contributed by atoms with E-state index >= 15 is 0 Å². The lowest BCUT2D eigenvalue weighted by Crippen LogP contribution is -2.56. The summed E-state index contributed by atoms with van der Waals surface area (Å²) in [4.78, 5) is 28.3. The van der Waals surface area contributed by atoms with Crippen LogP contribution in [-0.2, 0) is 25.6 Å². The van der Waals surface area contributed by atoms with Gasteiger partial charge in [-0.25, -0.2) is 0 Å². The normalized spacial score (nSPS) is 19.5. The fourth-order valence-corrected chi connectivity index (χ4v) is 7.00. The van der Waals surface area contributed by atoms with Crippen molar-refractivity contribution in [3.8, 4) is 11.5 Å². The maximum absolute atomic E-state index is 13.4. The molecule has 5 unspecified atom stereocenters. The molecule has 2 aromatic carbocycles. The summed E-state index contributed by atoms with van der Waals surface area (Å²) in [5, 5.41) is 18.0. The number of unbranched alkanes of at least 4 members (excludes halogenated alkanes) is 1. The second kappa shape index (κ2) is 19.0. The standard InChI is InChI=1S/C37H55N3O7/c1-26(34(41)33(28-13-7-5-8-14-28)38-24-27-21-31(45-3)23-32(22-27)46-4)39-36(42)37(43)40-18-17-30(25-40)35(29-15-9-6-10-16-29)47-20-12-11-19-44-2/h6,9-10,15-16,21-23,26,28,30,33-35,38,41H,5,7-8,11-14,17-20,24-25H2,1-4H3,(H,39,42). The number of aliphatic hydroxyl groups excluding tert-OH is 1. The molecule has 1 heterocycles. The van der Waals surface area contributed by atoms with Crippen LogP contribution in [0.4, 0.5) is 0 Å². The van der Waals surface area contributed by atoms with E-state index in [1.807, 2.05) is 36.4 Å². The molecule has 1 saturated heterocycles. The molecule has 1 saturated carbocycles. The fraction of sp³-hybridized carbons (Fsp3) is 0.622. The highest BCUT2D eigenvalue weighted by Crippen LogP contribution is 2.34. The van der Waals surface area contributed by atoms with Gasteiger partial charge >= 0.3 is 11.8 Å². The number of nitrogens with one attached hydrogen (secondary N) is 2. The van der Waals surface area contributed by atoms with Gasteiger partial charge in [-0.05, 0) is 68.2 Å². The molecular formula is C37H55N3O7. The number of hydrogen-bond acceptors (Lipinski definition) is 8. The Morgan fingerprint density at radius 3 is 2.26 bits per heavy atom. The monoisotopic (exact) mass is 653 g/mol. The van der Waals surface area contributed by atoms with Crippen molar-refractivity contribution < 1.29 is 33.6 Å². The summed E-state index contributed by atoms with van der Waals surface area (Å²) in [6.07, 6.45) is 6.92. The summed E-state index contributed by atoms with van der Waals surface area (Å²) in [7, 11) is 4.94. The third-order valence-electron chi connectivity index (χ3n) is 9.65. The smallest absolute Gasteiger partial charge is 0.311 e. The molecule has 0 spiro atoms. The molecule has 0 bridgehead atoms. The first-order chi connectivity index (χ1) is 22.8. The van der Waals surface area contributed by atoms with E-state index in [4.69, 9.17) is 18.9 Å². The molecule has 0 radical (unpaired) electrons. The minimum absolute atomic E-state index is 0.0784. The zero-order chi connectivity index (χ0) is 33.6. The second-order valence-electron chi connectivity index (χ2n) is 13.0. The zero-order valence-electron chi connectivity index (χ0n) is 28.6. The molecule has 3 N–H and O–H groups in total. The number of ether oxygens (including phenoxy) is 4. The highest BCUT2D eigenvalue weighted by molar-refractivity contribution is 6.35. The van der Waals surface area contributed by atoms with E-state index < -0.39 is 24.0 Å². The van der Waals surface area contributed by atoms with Crippen LogP contribution >= 0.6 is 0 Å². The molecule has 2 aliphatic rings. The molecule has 5 atom stereocenters. The van der Waals surface area contributed by atoms with Crippen LogP contribution in [0.5, 0.6) is 11.5 Å². The Hall–Kier alpha value is -3.18. The Bertz CT molecular complexity index is 1220. The van der Waals surface area contributed by atoms with Crippen LogP contribution in [0.1, 0.15) is 75.5 Å². The summed E-state index contributed by atoms with van der Waals surface area (Å²) in [6, 6.07) is 14.9. The molecule has 2 aromatic rings. The Balaban J connectivity index is 1.36. The van der Waals surface area contributed by atoms with Crippen molar-refractivity contribution in [3.63, 3.8) is 0 Å². The molecule has 2 fully saturated rings. The van der Waals surface area contributed by atoms with Gasteiger partial charge in [-0.2, -0.15) is 0 Å². The average molecular weight is 654 g/mol. The number of rotatable bonds is 17. The van der Waals surface area contributed by atoms with Gasteiger partial charge in [-0.15, -0.1) is 0 Å². The van der Waals surface area contributed by atoms with E-state index in [0.717, 1.165) is 56.1 Å². The third-order valence-corrected chi connectivity index (χ3v) is 9.65. The number of hydrogen-bond donors (Lipinski definition) is 3. The summed E-state index contributed by atoms with van der Waals surface area (Å²) in [5.41, 5.74) is 2.05. The maximum Gasteiger partial charge on any atom is 0.311 e. The predicted molar refractivity (Wildman–Crippen MR) is 181 cm³/mol. The Morgan fingerprint density at radius 2 is 1.60 bits per heavy atom. The highest BCUT2D eigenvalue weighted by atomic mass is 16.5. The molecule has 1 aliphatic carbocycles. The van der Waals surface area contributed by atoms with E-state index in [0.29, 0.717) is 44.3 Å². The number of methoxy groups -OCH3 is 3. The lowest BCUT2D eigenvalue weighted by Gasteiger charge is -2.37. The van der Waals surface area contributed by atoms with Crippen molar-refractivity contribution in [3.05, 3.63) is 59.7 Å². The van der Waals surface area contributed by atoms with Crippen LogP contribution in [0.3, 0.4) is 0 Å². The van der Waals surface area contributed by atoms with Crippen molar-refractivity contribution in [2.24, 2.45) is 11.8 Å². The molecule has 260 valence electrons. The Morgan fingerprint density at radius 1 is 0.915 bits per heavy atom. The topological polar surface area (TPSA) is 119 Å². The highest BCUT2D eigenvalue weighted by Gasteiger charge is 2.38. The second-order valence-corrected chi connectivity index (χ2v) is 13.0. The minimum atomic E-state index is -0.886. The van der Waals surface area contributed by atoms with E-state index in [-0.39, 0.29) is 24.0 Å². The first kappa shape index (κ1) is 36.7. The summed E-state index contributed by atoms with van der Waals surface area (Å²) in [5.74, 6) is 0.476. The molecule has 2 amide bonds. The summed E-state index contributed by atoms with van der Waals surface area (Å²) in [6.45, 7) is 4.50. The largest absolute Gasteiger partial charge is 0.497 e. The summed E-state index contributed by atoms with van der Waals surface area (Å²) < 4.78 is 22.4. The molecule has 10 nitrogen and oxygen atoms in total. The maximum atomic E-state index is 13.4. The van der Waals surface area contributed by atoms with Crippen LogP contribution < -0.4 is 20.1 Å². The fourth-order valence-electron chi connectivity index (χ4n) is 7.00. The molecular weight excluding hydrogens is 598 g/mol. The average Bonchev–Trinajstić information content (AvgIpc) is 3.60. The van der Waals surface area contributed by atoms with Gasteiger partial charge in [0.25, 0.3) is 0 Å². The van der Waals surface area contributed by atoms with Crippen LogP contribution in [0.2, 0.25) is 0 Å². The van der Waals surface area contributed by atoms with Crippen molar-refractivity contribution >= 4 is 11.8 Å². The number of aliphatic hydroxyl groups is 1. The van der Waals surface area contributed by atoms with E-state index in [2.05, 4.69) is 22.8 Å². The van der Waals surface area contributed by atoms with E-state index in [1.54, 1.807) is 33.2 Å². The number of carbonyl (C=O) groups excluding carboxylic acids is 2. The van der Waals surface area contributed by atoms with Gasteiger partial charge in [0.05, 0.1) is 32.5 Å². The molecule has 47 heavy (non-hydrogen) atoms. The molecule has 1 aliphatic heterocycles. The number of benzene rings is 2. The number of likely N-dealkylation sites (tertiary alicyclic amines) is 1. The van der Waals surface area contributed by atoms with E-state index in [9.17, 15) is 14.7 Å². The van der Waals surface area contributed by atoms with Crippen LogP contribution in [-0.4, -0.2) is 87.6 Å². The number of nitrogens with zero attached hydrogens (tertiary/aromatic N) is 1. The van der Waals surface area contributed by atoms with Gasteiger partial charge in [-0.1, -0.05) is 49.6 Å². The van der Waals surface area contributed by atoms with Crippen LogP contribution in [0, 0.1) is 11.8 Å². The van der Waals surface area contributed by atoms with Crippen LogP contribution in [0.25, 0.3) is 0 Å². The lowest BCUT2D eigenvalue weighted by molar-refractivity contribution is -0.146. The first-order valence-corrected chi connectivity index (χ1v) is 17.2. The Labute approximate surface area is 280 Å². The number of amides is 2. The zero-order valence-corrected chi connectivity index (χ0v) is 28.6. The molecule has 0 aromatic heterocycles. The predicted octanol–water partition coefficient (Wildman–Crippen LogP) is 4.64. The molecule has 4 rings (SSSR count). The lowest BCUT2D eigenvalue weighted by atomic mass is 9.80. The first-order valence-electron chi connectivity index (χ1n) is 17.2. The van der Waals surface area contributed by atoms with Crippen molar-refractivity contribution in [2.75, 3.05) is 47.6 Å². The van der Waals surface area contributed by atoms with E-state index in [1.165, 1.54) is 6.42 Å². The van der Waals surface area contributed by atoms with Crippen molar-refractivity contribution in [1.82, 2.24) is 15.5 Å². The SMILES string of the molecule is COCCCCOC(c1ccccc1)C1CCN(C(=O)C(=O)NC(C)C(O)C(NCc2cc(OC)cc(OC)c2)C2CCCCC2)C1. The van der Waals surface area contributed by atoms with Crippen molar-refractivity contribution in [2.45, 2.75) is 89.1 Å².